The van der Waals surface area contributed by atoms with Crippen LogP contribution in [-0.2, 0) is 17.9 Å². The lowest BCUT2D eigenvalue weighted by Gasteiger charge is -2.32. The Labute approximate surface area is 165 Å². The van der Waals surface area contributed by atoms with E-state index in [2.05, 4.69) is 35.2 Å². The molecule has 0 unspecified atom stereocenters. The molecule has 2 amide bonds. The molecule has 0 aliphatic carbocycles. The van der Waals surface area contributed by atoms with Crippen molar-refractivity contribution in [3.05, 3.63) is 65.2 Å². The molecule has 0 saturated carbocycles. The molecule has 0 radical (unpaired) electrons. The van der Waals surface area contributed by atoms with Crippen LogP contribution in [0.3, 0.4) is 0 Å². The summed E-state index contributed by atoms with van der Waals surface area (Å²) in [6, 6.07) is 16.6. The third-order valence-corrected chi connectivity index (χ3v) is 6.55. The van der Waals surface area contributed by atoms with E-state index in [0.29, 0.717) is 18.7 Å². The van der Waals surface area contributed by atoms with Gasteiger partial charge in [0, 0.05) is 50.5 Å². The van der Waals surface area contributed by atoms with Gasteiger partial charge in [-0.3, -0.25) is 9.59 Å². The number of anilines is 1. The van der Waals surface area contributed by atoms with E-state index < -0.39 is 0 Å². The summed E-state index contributed by atoms with van der Waals surface area (Å²) in [4.78, 5) is 31.7. The highest BCUT2D eigenvalue weighted by atomic mass is 16.2. The van der Waals surface area contributed by atoms with Crippen LogP contribution in [0.5, 0.6) is 0 Å². The molecule has 5 heteroatoms. The van der Waals surface area contributed by atoms with Gasteiger partial charge in [0.15, 0.2) is 0 Å². The number of amides is 2. The van der Waals surface area contributed by atoms with Crippen molar-refractivity contribution < 1.29 is 9.59 Å². The first-order valence-electron chi connectivity index (χ1n) is 10.1. The van der Waals surface area contributed by atoms with Crippen LogP contribution in [0.15, 0.2) is 48.5 Å². The number of piperidine rings is 1. The van der Waals surface area contributed by atoms with Gasteiger partial charge in [0.05, 0.1) is 5.92 Å². The van der Waals surface area contributed by atoms with Gasteiger partial charge in [-0.05, 0) is 42.2 Å². The Morgan fingerprint density at radius 2 is 1.71 bits per heavy atom. The predicted octanol–water partition coefficient (Wildman–Crippen LogP) is 2.90. The molecule has 2 atom stereocenters. The fourth-order valence-electron chi connectivity index (χ4n) is 4.86. The maximum Gasteiger partial charge on any atom is 0.254 e. The summed E-state index contributed by atoms with van der Waals surface area (Å²) in [6.45, 7) is 2.93. The summed E-state index contributed by atoms with van der Waals surface area (Å²) in [5, 5.41) is 0. The van der Waals surface area contributed by atoms with Crippen molar-refractivity contribution in [3.63, 3.8) is 0 Å². The van der Waals surface area contributed by atoms with Gasteiger partial charge in [0.1, 0.15) is 0 Å². The van der Waals surface area contributed by atoms with Crippen LogP contribution in [0.2, 0.25) is 0 Å². The number of nitrogens with zero attached hydrogens (tertiary/aromatic N) is 3. The minimum atomic E-state index is -0.0519. The SMILES string of the molecule is CN1C(=O)[C@@H]2CC[C@H]1CN(C(=O)c1cccc(N3Cc4ccccc4C3)c1)C2. The predicted molar refractivity (Wildman–Crippen MR) is 108 cm³/mol. The molecule has 4 aliphatic rings. The number of carbonyl (C=O) groups excluding carboxylic acids is 2. The molecule has 0 N–H and O–H groups in total. The molecule has 3 fully saturated rings. The van der Waals surface area contributed by atoms with Crippen molar-refractivity contribution in [3.8, 4) is 0 Å². The molecular weight excluding hydrogens is 350 g/mol. The molecule has 2 bridgehead atoms. The van der Waals surface area contributed by atoms with Crippen LogP contribution in [-0.4, -0.2) is 47.8 Å². The maximum absolute atomic E-state index is 13.2. The largest absolute Gasteiger partial charge is 0.363 e. The van der Waals surface area contributed by atoms with Gasteiger partial charge in [0.25, 0.3) is 5.91 Å². The number of rotatable bonds is 2. The zero-order chi connectivity index (χ0) is 19.3. The van der Waals surface area contributed by atoms with Crippen LogP contribution in [0.25, 0.3) is 0 Å². The van der Waals surface area contributed by atoms with Crippen molar-refractivity contribution >= 4 is 17.5 Å². The van der Waals surface area contributed by atoms with Crippen LogP contribution >= 0.6 is 0 Å². The summed E-state index contributed by atoms with van der Waals surface area (Å²) in [5.74, 6) is 0.178. The molecule has 3 saturated heterocycles. The summed E-state index contributed by atoms with van der Waals surface area (Å²) < 4.78 is 0. The van der Waals surface area contributed by atoms with Gasteiger partial charge in [-0.1, -0.05) is 30.3 Å². The first kappa shape index (κ1) is 17.3. The third-order valence-electron chi connectivity index (χ3n) is 6.55. The number of carbonyl (C=O) groups is 2. The number of hydrogen-bond donors (Lipinski definition) is 0. The molecule has 6 rings (SSSR count). The van der Waals surface area contributed by atoms with Crippen molar-refractivity contribution in [1.29, 1.82) is 0 Å². The minimum Gasteiger partial charge on any atom is -0.363 e. The Morgan fingerprint density at radius 3 is 2.46 bits per heavy atom. The first-order valence-corrected chi connectivity index (χ1v) is 10.1. The van der Waals surface area contributed by atoms with Gasteiger partial charge in [-0.2, -0.15) is 0 Å². The summed E-state index contributed by atoms with van der Waals surface area (Å²) >= 11 is 0. The van der Waals surface area contributed by atoms with Gasteiger partial charge < -0.3 is 14.7 Å². The van der Waals surface area contributed by atoms with E-state index in [9.17, 15) is 9.59 Å². The highest BCUT2D eigenvalue weighted by Crippen LogP contribution is 2.31. The lowest BCUT2D eigenvalue weighted by Crippen LogP contribution is -2.45. The molecule has 4 aliphatic heterocycles. The number of hydrogen-bond acceptors (Lipinski definition) is 3. The molecule has 0 spiro atoms. The van der Waals surface area contributed by atoms with Crippen molar-refractivity contribution in [2.45, 2.75) is 32.0 Å². The summed E-state index contributed by atoms with van der Waals surface area (Å²) in [5.41, 5.74) is 4.49. The van der Waals surface area contributed by atoms with Gasteiger partial charge in [-0.15, -0.1) is 0 Å². The molecule has 0 aromatic heterocycles. The van der Waals surface area contributed by atoms with Crippen molar-refractivity contribution in [2.75, 3.05) is 25.0 Å². The van der Waals surface area contributed by atoms with E-state index in [-0.39, 0.29) is 23.8 Å². The normalized spacial score (nSPS) is 23.8. The highest BCUT2D eigenvalue weighted by molar-refractivity contribution is 5.96. The minimum absolute atomic E-state index is 0.0403. The average Bonchev–Trinajstić information content (AvgIpc) is 2.98. The Kier molecular flexibility index (Phi) is 4.11. The van der Waals surface area contributed by atoms with Crippen LogP contribution in [0.4, 0.5) is 5.69 Å². The van der Waals surface area contributed by atoms with Gasteiger partial charge in [0.2, 0.25) is 5.91 Å². The fourth-order valence-corrected chi connectivity index (χ4v) is 4.86. The zero-order valence-electron chi connectivity index (χ0n) is 16.2. The quantitative estimate of drug-likeness (QED) is 0.811. The molecule has 28 heavy (non-hydrogen) atoms. The number of likely N-dealkylation sites (N-methyl/N-ethyl adjacent to an activating group) is 1. The lowest BCUT2D eigenvalue weighted by molar-refractivity contribution is -0.138. The Balaban J connectivity index is 1.37. The number of benzene rings is 2. The highest BCUT2D eigenvalue weighted by Gasteiger charge is 2.40. The van der Waals surface area contributed by atoms with Crippen molar-refractivity contribution in [1.82, 2.24) is 9.80 Å². The van der Waals surface area contributed by atoms with Crippen LogP contribution in [0, 0.1) is 5.92 Å². The second kappa shape index (κ2) is 6.66. The fraction of sp³-hybridized carbons (Fsp3) is 0.391. The average molecular weight is 375 g/mol. The standard InChI is InChI=1S/C23H25N3O2/c1-24-21-10-9-19(22(24)27)14-26(15-21)23(28)16-7-4-8-20(11-16)25-12-17-5-2-3-6-18(17)13-25/h2-8,11,19,21H,9-10,12-15H2,1H3/t19-,21+/m1/s1. The molecule has 2 aromatic carbocycles. The Bertz CT molecular complexity index is 916. The molecular formula is C23H25N3O2. The van der Waals surface area contributed by atoms with Gasteiger partial charge in [-0.25, -0.2) is 0 Å². The molecule has 144 valence electrons. The van der Waals surface area contributed by atoms with E-state index in [1.807, 2.05) is 35.0 Å². The van der Waals surface area contributed by atoms with Gasteiger partial charge >= 0.3 is 0 Å². The van der Waals surface area contributed by atoms with Crippen molar-refractivity contribution in [2.24, 2.45) is 5.92 Å². The number of fused-ring (bicyclic) bond motifs is 5. The van der Waals surface area contributed by atoms with Crippen LogP contribution in [0.1, 0.15) is 34.3 Å². The van der Waals surface area contributed by atoms with E-state index in [1.54, 1.807) is 0 Å². The molecule has 5 nitrogen and oxygen atoms in total. The summed E-state index contributed by atoms with van der Waals surface area (Å²) in [7, 11) is 1.87. The van der Waals surface area contributed by atoms with E-state index in [4.69, 9.17) is 0 Å². The summed E-state index contributed by atoms with van der Waals surface area (Å²) in [6.07, 6.45) is 1.88. The van der Waals surface area contributed by atoms with E-state index in [1.165, 1.54) is 11.1 Å². The second-order valence-corrected chi connectivity index (χ2v) is 8.26. The monoisotopic (exact) mass is 375 g/mol. The van der Waals surface area contributed by atoms with E-state index in [0.717, 1.165) is 31.6 Å². The third kappa shape index (κ3) is 2.86. The first-order chi connectivity index (χ1) is 13.6. The maximum atomic E-state index is 13.2. The Morgan fingerprint density at radius 1 is 0.964 bits per heavy atom. The van der Waals surface area contributed by atoms with Crippen LogP contribution < -0.4 is 4.90 Å². The lowest BCUT2D eigenvalue weighted by atomic mass is 9.95. The second-order valence-electron chi connectivity index (χ2n) is 8.26. The Hall–Kier alpha value is -2.82. The molecule has 4 heterocycles. The van der Waals surface area contributed by atoms with E-state index >= 15 is 0 Å². The topological polar surface area (TPSA) is 43.9 Å². The smallest absolute Gasteiger partial charge is 0.254 e. The zero-order valence-corrected chi connectivity index (χ0v) is 16.2. The molecule has 2 aromatic rings.